The van der Waals surface area contributed by atoms with E-state index in [0.717, 1.165) is 11.0 Å². The minimum absolute atomic E-state index is 0.131. The number of nitrogens with zero attached hydrogens (tertiary/aromatic N) is 2. The summed E-state index contributed by atoms with van der Waals surface area (Å²) in [5.41, 5.74) is 2.16. The van der Waals surface area contributed by atoms with Gasteiger partial charge in [0.1, 0.15) is 0 Å². The second kappa shape index (κ2) is 7.31. The van der Waals surface area contributed by atoms with Crippen molar-refractivity contribution >= 4 is 29.0 Å². The first-order chi connectivity index (χ1) is 10.6. The van der Waals surface area contributed by atoms with Gasteiger partial charge in [-0.2, -0.15) is 0 Å². The molecule has 6 nitrogen and oxygen atoms in total. The standard InChI is InChI=1S/C16H17N3O3/c1-11(9-16(21)22-2)18-15(20)8-7-12-10-17-13-5-3-4-6-14(13)19-12/h3-8,10-11H,9H2,1-2H3,(H,18,20)/b8-7+. The number of hydrogen-bond donors (Lipinski definition) is 1. The first-order valence-corrected chi connectivity index (χ1v) is 6.85. The zero-order chi connectivity index (χ0) is 15.9. The highest BCUT2D eigenvalue weighted by molar-refractivity contribution is 5.92. The minimum Gasteiger partial charge on any atom is -0.469 e. The van der Waals surface area contributed by atoms with Crippen LogP contribution in [0.4, 0.5) is 0 Å². The van der Waals surface area contributed by atoms with Crippen molar-refractivity contribution in [2.75, 3.05) is 7.11 Å². The zero-order valence-electron chi connectivity index (χ0n) is 12.4. The SMILES string of the molecule is COC(=O)CC(C)NC(=O)/C=C/c1cnc2ccccc2n1. The largest absolute Gasteiger partial charge is 0.469 e. The van der Waals surface area contributed by atoms with Crippen molar-refractivity contribution in [2.24, 2.45) is 0 Å². The van der Waals surface area contributed by atoms with Gasteiger partial charge in [-0.25, -0.2) is 4.98 Å². The van der Waals surface area contributed by atoms with Gasteiger partial charge in [-0.15, -0.1) is 0 Å². The van der Waals surface area contributed by atoms with Crippen molar-refractivity contribution in [3.05, 3.63) is 42.2 Å². The number of fused-ring (bicyclic) bond motifs is 1. The van der Waals surface area contributed by atoms with Crippen molar-refractivity contribution in [3.63, 3.8) is 0 Å². The highest BCUT2D eigenvalue weighted by Gasteiger charge is 2.10. The molecule has 1 aromatic carbocycles. The summed E-state index contributed by atoms with van der Waals surface area (Å²) < 4.78 is 4.55. The molecule has 0 spiro atoms. The fourth-order valence-corrected chi connectivity index (χ4v) is 1.89. The van der Waals surface area contributed by atoms with E-state index in [1.54, 1.807) is 19.2 Å². The van der Waals surface area contributed by atoms with Gasteiger partial charge in [-0.05, 0) is 25.1 Å². The van der Waals surface area contributed by atoms with E-state index in [1.807, 2.05) is 24.3 Å². The number of nitrogens with one attached hydrogen (secondary N) is 1. The third-order valence-corrected chi connectivity index (χ3v) is 2.96. The molecule has 1 atom stereocenters. The molecule has 1 amide bonds. The van der Waals surface area contributed by atoms with Crippen LogP contribution in [0.15, 0.2) is 36.5 Å². The third kappa shape index (κ3) is 4.37. The number of benzene rings is 1. The summed E-state index contributed by atoms with van der Waals surface area (Å²) in [7, 11) is 1.31. The maximum absolute atomic E-state index is 11.8. The van der Waals surface area contributed by atoms with Crippen LogP contribution in [0.2, 0.25) is 0 Å². The molecular formula is C16H17N3O3. The highest BCUT2D eigenvalue weighted by atomic mass is 16.5. The smallest absolute Gasteiger partial charge is 0.307 e. The normalized spacial score (nSPS) is 12.3. The van der Waals surface area contributed by atoms with E-state index < -0.39 is 0 Å². The molecule has 0 saturated heterocycles. The Morgan fingerprint density at radius 3 is 2.77 bits per heavy atom. The molecule has 0 fully saturated rings. The second-order valence-electron chi connectivity index (χ2n) is 4.81. The Kier molecular flexibility index (Phi) is 5.19. The number of aromatic nitrogens is 2. The first kappa shape index (κ1) is 15.6. The number of methoxy groups -OCH3 is 1. The average molecular weight is 299 g/mol. The predicted molar refractivity (Wildman–Crippen MR) is 82.8 cm³/mol. The molecule has 1 unspecified atom stereocenters. The van der Waals surface area contributed by atoms with Gasteiger partial charge < -0.3 is 10.1 Å². The molecule has 1 aromatic heterocycles. The molecule has 0 saturated carbocycles. The lowest BCUT2D eigenvalue weighted by Crippen LogP contribution is -2.33. The summed E-state index contributed by atoms with van der Waals surface area (Å²) in [6, 6.07) is 7.20. The van der Waals surface area contributed by atoms with E-state index >= 15 is 0 Å². The number of esters is 1. The fraction of sp³-hybridized carbons (Fsp3) is 0.250. The van der Waals surface area contributed by atoms with Gasteiger partial charge in [0.15, 0.2) is 0 Å². The molecule has 0 radical (unpaired) electrons. The Hall–Kier alpha value is -2.76. The highest BCUT2D eigenvalue weighted by Crippen LogP contribution is 2.09. The summed E-state index contributed by atoms with van der Waals surface area (Å²) >= 11 is 0. The van der Waals surface area contributed by atoms with Crippen LogP contribution in [0, 0.1) is 0 Å². The molecule has 22 heavy (non-hydrogen) atoms. The number of carbonyl (C=O) groups is 2. The van der Waals surface area contributed by atoms with E-state index in [-0.39, 0.29) is 24.3 Å². The second-order valence-corrected chi connectivity index (χ2v) is 4.81. The minimum atomic E-state index is -0.364. The van der Waals surface area contributed by atoms with Crippen LogP contribution >= 0.6 is 0 Å². The van der Waals surface area contributed by atoms with Gasteiger partial charge in [0.2, 0.25) is 5.91 Å². The molecule has 0 bridgehead atoms. The van der Waals surface area contributed by atoms with Gasteiger partial charge in [0, 0.05) is 12.1 Å². The van der Waals surface area contributed by atoms with E-state index in [2.05, 4.69) is 20.0 Å². The number of hydrogen-bond acceptors (Lipinski definition) is 5. The molecule has 6 heteroatoms. The van der Waals surface area contributed by atoms with Crippen LogP contribution in [0.5, 0.6) is 0 Å². The Balaban J connectivity index is 1.97. The van der Waals surface area contributed by atoms with Crippen molar-refractivity contribution in [2.45, 2.75) is 19.4 Å². The van der Waals surface area contributed by atoms with Crippen molar-refractivity contribution < 1.29 is 14.3 Å². The predicted octanol–water partition coefficient (Wildman–Crippen LogP) is 1.71. The Labute approximate surface area is 128 Å². The fourth-order valence-electron chi connectivity index (χ4n) is 1.89. The van der Waals surface area contributed by atoms with Gasteiger partial charge in [0.25, 0.3) is 0 Å². The van der Waals surface area contributed by atoms with Gasteiger partial charge in [-0.3, -0.25) is 14.6 Å². The lowest BCUT2D eigenvalue weighted by molar-refractivity contribution is -0.141. The lowest BCUT2D eigenvalue weighted by atomic mass is 10.2. The van der Waals surface area contributed by atoms with Gasteiger partial charge >= 0.3 is 5.97 Å². The molecule has 1 heterocycles. The summed E-state index contributed by atoms with van der Waals surface area (Å²) in [4.78, 5) is 31.5. The molecule has 114 valence electrons. The Morgan fingerprint density at radius 2 is 2.05 bits per heavy atom. The molecule has 0 aliphatic rings. The topological polar surface area (TPSA) is 81.2 Å². The Bertz CT molecular complexity index is 713. The maximum Gasteiger partial charge on any atom is 0.307 e. The number of amides is 1. The van der Waals surface area contributed by atoms with Crippen molar-refractivity contribution in [1.82, 2.24) is 15.3 Å². The van der Waals surface area contributed by atoms with E-state index in [0.29, 0.717) is 5.69 Å². The first-order valence-electron chi connectivity index (χ1n) is 6.85. The molecule has 1 N–H and O–H groups in total. The van der Waals surface area contributed by atoms with Crippen molar-refractivity contribution in [3.8, 4) is 0 Å². The zero-order valence-corrected chi connectivity index (χ0v) is 12.4. The number of ether oxygens (including phenoxy) is 1. The molecule has 2 rings (SSSR count). The maximum atomic E-state index is 11.8. The lowest BCUT2D eigenvalue weighted by Gasteiger charge is -2.10. The van der Waals surface area contributed by atoms with Gasteiger partial charge in [-0.1, -0.05) is 12.1 Å². The Morgan fingerprint density at radius 1 is 1.32 bits per heavy atom. The number of carbonyl (C=O) groups excluding carboxylic acids is 2. The number of rotatable bonds is 5. The summed E-state index contributed by atoms with van der Waals surface area (Å²) in [5.74, 6) is -0.663. The average Bonchev–Trinajstić information content (AvgIpc) is 2.52. The van der Waals surface area contributed by atoms with Crippen molar-refractivity contribution in [1.29, 1.82) is 0 Å². The third-order valence-electron chi connectivity index (χ3n) is 2.96. The molecule has 0 aliphatic heterocycles. The molecular weight excluding hydrogens is 282 g/mol. The van der Waals surface area contributed by atoms with E-state index in [4.69, 9.17) is 0 Å². The quantitative estimate of drug-likeness (QED) is 0.671. The summed E-state index contributed by atoms with van der Waals surface area (Å²) in [5, 5.41) is 2.68. The van der Waals surface area contributed by atoms with Crippen LogP contribution < -0.4 is 5.32 Å². The van der Waals surface area contributed by atoms with Crippen LogP contribution in [0.1, 0.15) is 19.0 Å². The monoisotopic (exact) mass is 299 g/mol. The van der Waals surface area contributed by atoms with Crippen LogP contribution in [0.3, 0.4) is 0 Å². The van der Waals surface area contributed by atoms with Crippen LogP contribution in [0.25, 0.3) is 17.1 Å². The van der Waals surface area contributed by atoms with E-state index in [1.165, 1.54) is 13.2 Å². The molecule has 0 aliphatic carbocycles. The van der Waals surface area contributed by atoms with Crippen LogP contribution in [-0.4, -0.2) is 35.0 Å². The van der Waals surface area contributed by atoms with Crippen LogP contribution in [-0.2, 0) is 14.3 Å². The summed E-state index contributed by atoms with van der Waals surface area (Å²) in [6.45, 7) is 1.73. The molecule has 2 aromatic rings. The van der Waals surface area contributed by atoms with Gasteiger partial charge in [0.05, 0.1) is 36.5 Å². The summed E-state index contributed by atoms with van der Waals surface area (Å²) in [6.07, 6.45) is 4.68. The van der Waals surface area contributed by atoms with E-state index in [9.17, 15) is 9.59 Å². The number of para-hydroxylation sites is 2.